The van der Waals surface area contributed by atoms with Crippen molar-refractivity contribution in [2.45, 2.75) is 30.9 Å². The summed E-state index contributed by atoms with van der Waals surface area (Å²) in [6.07, 6.45) is -0.0341. The topological polar surface area (TPSA) is 103 Å². The Morgan fingerprint density at radius 1 is 1.23 bits per heavy atom. The molecule has 2 rings (SSSR count). The highest BCUT2D eigenvalue weighted by Crippen LogP contribution is 2.13. The maximum absolute atomic E-state index is 12.8. The molecule has 0 aliphatic carbocycles. The van der Waals surface area contributed by atoms with Gasteiger partial charge in [-0.3, -0.25) is 9.59 Å². The van der Waals surface area contributed by atoms with Gasteiger partial charge in [0, 0.05) is 0 Å². The molecular formula is C17H18FNO6S. The lowest BCUT2D eigenvalue weighted by Gasteiger charge is -2.13. The normalized spacial score (nSPS) is 12.4. The third kappa shape index (κ3) is 5.69. The molecule has 1 N–H and O–H groups in total. The Balaban J connectivity index is 1.80. The lowest BCUT2D eigenvalue weighted by Crippen LogP contribution is -2.35. The number of esters is 1. The number of hydrogen-bond acceptors (Lipinski definition) is 6. The lowest BCUT2D eigenvalue weighted by atomic mass is 10.3. The van der Waals surface area contributed by atoms with Crippen molar-refractivity contribution in [2.24, 2.45) is 0 Å². The van der Waals surface area contributed by atoms with E-state index in [1.165, 1.54) is 13.2 Å². The predicted octanol–water partition coefficient (Wildman–Crippen LogP) is 1.83. The van der Waals surface area contributed by atoms with E-state index in [0.717, 1.165) is 24.3 Å². The average Bonchev–Trinajstić information content (AvgIpc) is 3.12. The van der Waals surface area contributed by atoms with E-state index in [1.807, 2.05) is 0 Å². The van der Waals surface area contributed by atoms with Gasteiger partial charge in [-0.2, -0.15) is 0 Å². The minimum atomic E-state index is -3.75. The summed E-state index contributed by atoms with van der Waals surface area (Å²) in [7, 11) is -3.75. The van der Waals surface area contributed by atoms with Crippen LogP contribution < -0.4 is 5.32 Å². The molecule has 1 atom stereocenters. The van der Waals surface area contributed by atoms with Crippen molar-refractivity contribution in [3.63, 3.8) is 0 Å². The summed E-state index contributed by atoms with van der Waals surface area (Å²) in [6, 6.07) is 7.65. The molecule has 2 aromatic rings. The van der Waals surface area contributed by atoms with Crippen LogP contribution in [0.1, 0.15) is 19.1 Å². The second-order valence-corrected chi connectivity index (χ2v) is 7.56. The fourth-order valence-electron chi connectivity index (χ4n) is 2.02. The fourth-order valence-corrected chi connectivity index (χ4v) is 3.24. The van der Waals surface area contributed by atoms with Crippen LogP contribution in [0.4, 0.5) is 4.39 Å². The molecule has 0 aliphatic rings. The average molecular weight is 383 g/mol. The SMILES string of the molecule is C[C@@H](OC(=O)CCS(=O)(=O)c1ccc(F)cc1)C(=O)NCc1ccco1. The van der Waals surface area contributed by atoms with Crippen molar-refractivity contribution in [2.75, 3.05) is 5.75 Å². The van der Waals surface area contributed by atoms with Crippen LogP contribution in [0, 0.1) is 5.82 Å². The Hall–Kier alpha value is -2.68. The molecule has 0 radical (unpaired) electrons. The summed E-state index contributed by atoms with van der Waals surface area (Å²) in [5.74, 6) is -1.87. The van der Waals surface area contributed by atoms with Gasteiger partial charge >= 0.3 is 5.97 Å². The molecule has 0 unspecified atom stereocenters. The van der Waals surface area contributed by atoms with E-state index in [0.29, 0.717) is 5.76 Å². The van der Waals surface area contributed by atoms with E-state index in [-0.39, 0.29) is 11.4 Å². The largest absolute Gasteiger partial charge is 0.467 e. The van der Waals surface area contributed by atoms with Crippen molar-refractivity contribution in [1.29, 1.82) is 0 Å². The van der Waals surface area contributed by atoms with E-state index >= 15 is 0 Å². The van der Waals surface area contributed by atoms with Gasteiger partial charge in [0.15, 0.2) is 15.9 Å². The highest BCUT2D eigenvalue weighted by molar-refractivity contribution is 7.91. The van der Waals surface area contributed by atoms with E-state index in [2.05, 4.69) is 5.32 Å². The first kappa shape index (κ1) is 19.6. The summed E-state index contributed by atoms with van der Waals surface area (Å²) in [4.78, 5) is 23.5. The molecule has 1 aromatic heterocycles. The zero-order valence-electron chi connectivity index (χ0n) is 14.0. The number of carbonyl (C=O) groups is 2. The predicted molar refractivity (Wildman–Crippen MR) is 89.2 cm³/mol. The number of furan rings is 1. The lowest BCUT2D eigenvalue weighted by molar-refractivity contribution is -0.154. The summed E-state index contributed by atoms with van der Waals surface area (Å²) < 4.78 is 47.0. The van der Waals surface area contributed by atoms with Crippen LogP contribution in [0.25, 0.3) is 0 Å². The molecule has 0 saturated carbocycles. The molecule has 7 nitrogen and oxygen atoms in total. The molecule has 9 heteroatoms. The van der Waals surface area contributed by atoms with Crippen LogP contribution in [-0.4, -0.2) is 32.2 Å². The van der Waals surface area contributed by atoms with Gasteiger partial charge < -0.3 is 14.5 Å². The molecule has 1 heterocycles. The van der Waals surface area contributed by atoms with Crippen molar-refractivity contribution in [3.05, 3.63) is 54.2 Å². The third-order valence-electron chi connectivity index (χ3n) is 3.44. The van der Waals surface area contributed by atoms with Crippen LogP contribution in [0.3, 0.4) is 0 Å². The van der Waals surface area contributed by atoms with E-state index < -0.39 is 45.8 Å². The second kappa shape index (κ2) is 8.61. The quantitative estimate of drug-likeness (QED) is 0.551. The van der Waals surface area contributed by atoms with Gasteiger partial charge in [-0.25, -0.2) is 12.8 Å². The van der Waals surface area contributed by atoms with Crippen LogP contribution in [0.15, 0.2) is 52.0 Å². The molecule has 1 aromatic carbocycles. The zero-order chi connectivity index (χ0) is 19.2. The number of sulfone groups is 1. The minimum Gasteiger partial charge on any atom is -0.467 e. The molecule has 0 aliphatic heterocycles. The van der Waals surface area contributed by atoms with E-state index in [1.54, 1.807) is 12.1 Å². The van der Waals surface area contributed by atoms with Gasteiger partial charge in [0.2, 0.25) is 0 Å². The third-order valence-corrected chi connectivity index (χ3v) is 5.17. The first-order valence-electron chi connectivity index (χ1n) is 7.76. The zero-order valence-corrected chi connectivity index (χ0v) is 14.8. The number of ether oxygens (including phenoxy) is 1. The molecule has 0 spiro atoms. The van der Waals surface area contributed by atoms with E-state index in [4.69, 9.17) is 9.15 Å². The highest BCUT2D eigenvalue weighted by Gasteiger charge is 2.21. The van der Waals surface area contributed by atoms with Crippen molar-refractivity contribution >= 4 is 21.7 Å². The number of nitrogens with one attached hydrogen (secondary N) is 1. The van der Waals surface area contributed by atoms with E-state index in [9.17, 15) is 22.4 Å². The summed E-state index contributed by atoms with van der Waals surface area (Å²) in [5.41, 5.74) is 0. The van der Waals surface area contributed by atoms with Crippen molar-refractivity contribution < 1.29 is 31.6 Å². The van der Waals surface area contributed by atoms with Gasteiger partial charge in [0.1, 0.15) is 11.6 Å². The second-order valence-electron chi connectivity index (χ2n) is 5.45. The number of hydrogen-bond donors (Lipinski definition) is 1. The summed E-state index contributed by atoms with van der Waals surface area (Å²) >= 11 is 0. The van der Waals surface area contributed by atoms with Crippen LogP contribution in [0.2, 0.25) is 0 Å². The Kier molecular flexibility index (Phi) is 6.51. The Bertz CT molecular complexity index is 846. The van der Waals surface area contributed by atoms with Gasteiger partial charge in [-0.05, 0) is 43.3 Å². The molecule has 1 amide bonds. The number of benzene rings is 1. The maximum atomic E-state index is 12.8. The Morgan fingerprint density at radius 2 is 1.92 bits per heavy atom. The van der Waals surface area contributed by atoms with Gasteiger partial charge in [-0.1, -0.05) is 0 Å². The number of carbonyl (C=O) groups excluding carboxylic acids is 2. The first-order chi connectivity index (χ1) is 12.3. The van der Waals surface area contributed by atoms with Crippen LogP contribution in [0.5, 0.6) is 0 Å². The Morgan fingerprint density at radius 3 is 2.54 bits per heavy atom. The molecule has 140 valence electrons. The highest BCUT2D eigenvalue weighted by atomic mass is 32.2. The number of rotatable bonds is 8. The van der Waals surface area contributed by atoms with Crippen molar-refractivity contribution in [3.8, 4) is 0 Å². The monoisotopic (exact) mass is 383 g/mol. The molecule has 0 bridgehead atoms. The maximum Gasteiger partial charge on any atom is 0.307 e. The standard InChI is InChI=1S/C17H18FNO6S/c1-12(17(21)19-11-14-3-2-9-24-14)25-16(20)8-10-26(22,23)15-6-4-13(18)5-7-15/h2-7,9,12H,8,10-11H2,1H3,(H,19,21)/t12-/m1/s1. The van der Waals surface area contributed by atoms with Gasteiger partial charge in [0.05, 0.1) is 29.9 Å². The molecule has 0 saturated heterocycles. The van der Waals surface area contributed by atoms with Gasteiger partial charge in [-0.15, -0.1) is 0 Å². The van der Waals surface area contributed by atoms with Crippen LogP contribution >= 0.6 is 0 Å². The Labute approximate surface area is 150 Å². The van der Waals surface area contributed by atoms with Crippen LogP contribution in [-0.2, 0) is 30.7 Å². The van der Waals surface area contributed by atoms with Gasteiger partial charge in [0.25, 0.3) is 5.91 Å². The molecule has 0 fully saturated rings. The first-order valence-corrected chi connectivity index (χ1v) is 9.41. The molecular weight excluding hydrogens is 365 g/mol. The van der Waals surface area contributed by atoms with Crippen molar-refractivity contribution in [1.82, 2.24) is 5.32 Å². The summed E-state index contributed by atoms with van der Waals surface area (Å²) in [6.45, 7) is 1.52. The fraction of sp³-hybridized carbons (Fsp3) is 0.294. The minimum absolute atomic E-state index is 0.0871. The number of halogens is 1. The number of amides is 1. The molecule has 26 heavy (non-hydrogen) atoms. The summed E-state index contributed by atoms with van der Waals surface area (Å²) in [5, 5.41) is 2.53. The smallest absolute Gasteiger partial charge is 0.307 e.